The van der Waals surface area contributed by atoms with E-state index in [9.17, 15) is 26.3 Å². The molecule has 0 aliphatic rings. The zero-order valence-corrected chi connectivity index (χ0v) is 12.5. The molecule has 0 fully saturated rings. The molecule has 0 heterocycles. The molecule has 0 amide bonds. The van der Waals surface area contributed by atoms with Crippen molar-refractivity contribution in [2.24, 2.45) is 0 Å². The highest BCUT2D eigenvalue weighted by atomic mass is 19.4. The Morgan fingerprint density at radius 1 is 0.720 bits per heavy atom. The summed E-state index contributed by atoms with van der Waals surface area (Å²) in [6.45, 7) is 0. The first-order valence-corrected chi connectivity index (χ1v) is 6.91. The van der Waals surface area contributed by atoms with E-state index in [1.54, 1.807) is 6.07 Å². The Morgan fingerprint density at radius 3 is 1.76 bits per heavy atom. The number of hydrogen-bond donors (Lipinski definition) is 0. The maximum atomic E-state index is 13.7. The maximum Gasteiger partial charge on any atom is 0.418 e. The minimum atomic E-state index is -5.72. The number of halogens is 6. The molecule has 128 valence electrons. The average molecular weight is 352 g/mol. The van der Waals surface area contributed by atoms with Gasteiger partial charge < -0.3 is 0 Å². The van der Waals surface area contributed by atoms with Crippen LogP contribution < -0.4 is 0 Å². The Bertz CT molecular complexity index is 828. The van der Waals surface area contributed by atoms with Crippen LogP contribution in [0.15, 0.2) is 54.6 Å². The molecule has 0 saturated heterocycles. The third-order valence-electron chi connectivity index (χ3n) is 3.51. The van der Waals surface area contributed by atoms with Gasteiger partial charge >= 0.3 is 12.4 Å². The SMILES string of the molecule is C#Cc1ccccc1C(C#Cc1ccccc1)(C(F)(F)F)C(F)(F)F. The first-order chi connectivity index (χ1) is 11.6. The number of alkyl halides is 6. The van der Waals surface area contributed by atoms with Crippen molar-refractivity contribution in [3.05, 3.63) is 71.3 Å². The van der Waals surface area contributed by atoms with Crippen molar-refractivity contribution in [3.8, 4) is 24.2 Å². The molecule has 0 radical (unpaired) electrons. The molecule has 25 heavy (non-hydrogen) atoms. The topological polar surface area (TPSA) is 0 Å². The highest BCUT2D eigenvalue weighted by Gasteiger charge is 2.72. The second kappa shape index (κ2) is 6.57. The van der Waals surface area contributed by atoms with E-state index >= 15 is 0 Å². The predicted molar refractivity (Wildman–Crippen MR) is 81.5 cm³/mol. The summed E-state index contributed by atoms with van der Waals surface area (Å²) in [4.78, 5) is 0. The van der Waals surface area contributed by atoms with Gasteiger partial charge in [0.15, 0.2) is 0 Å². The van der Waals surface area contributed by atoms with Crippen LogP contribution in [0.25, 0.3) is 0 Å². The largest absolute Gasteiger partial charge is 0.418 e. The van der Waals surface area contributed by atoms with Crippen LogP contribution in [0.3, 0.4) is 0 Å². The van der Waals surface area contributed by atoms with E-state index in [1.807, 2.05) is 11.8 Å². The standard InChI is InChI=1S/C19H10F6/c1-2-15-10-6-7-11-16(15)17(18(20,21)22,19(23,24)25)13-12-14-8-4-3-5-9-14/h1,3-11H. The molecule has 2 aromatic carbocycles. The van der Waals surface area contributed by atoms with Gasteiger partial charge in [0.1, 0.15) is 0 Å². The van der Waals surface area contributed by atoms with Crippen molar-refractivity contribution >= 4 is 0 Å². The molecule has 0 aliphatic heterocycles. The highest BCUT2D eigenvalue weighted by Crippen LogP contribution is 2.52. The maximum absolute atomic E-state index is 13.7. The molecule has 0 saturated carbocycles. The van der Waals surface area contributed by atoms with Crippen molar-refractivity contribution in [1.82, 2.24) is 0 Å². The van der Waals surface area contributed by atoms with E-state index < -0.39 is 28.9 Å². The fourth-order valence-electron chi connectivity index (χ4n) is 2.30. The molecular weight excluding hydrogens is 342 g/mol. The van der Waals surface area contributed by atoms with Crippen molar-refractivity contribution < 1.29 is 26.3 Å². The first-order valence-electron chi connectivity index (χ1n) is 6.91. The molecule has 6 heteroatoms. The summed E-state index contributed by atoms with van der Waals surface area (Å²) >= 11 is 0. The third kappa shape index (κ3) is 3.34. The summed E-state index contributed by atoms with van der Waals surface area (Å²) in [5, 5.41) is 0. The zero-order chi connectivity index (χ0) is 18.7. The zero-order valence-electron chi connectivity index (χ0n) is 12.5. The van der Waals surface area contributed by atoms with Gasteiger partial charge in [-0.2, -0.15) is 26.3 Å². The molecule has 0 N–H and O–H groups in total. The van der Waals surface area contributed by atoms with E-state index in [4.69, 9.17) is 6.42 Å². The third-order valence-corrected chi connectivity index (χ3v) is 3.51. The molecule has 2 rings (SSSR count). The lowest BCUT2D eigenvalue weighted by atomic mass is 9.77. The molecular formula is C19H10F6. The minimum Gasteiger partial charge on any atom is -0.168 e. The van der Waals surface area contributed by atoms with Crippen molar-refractivity contribution in [2.75, 3.05) is 0 Å². The van der Waals surface area contributed by atoms with Crippen LogP contribution in [-0.2, 0) is 5.41 Å². The van der Waals surface area contributed by atoms with E-state index in [0.717, 1.165) is 12.1 Å². The Labute approximate surface area is 140 Å². The molecule has 0 spiro atoms. The van der Waals surface area contributed by atoms with Gasteiger partial charge in [-0.05, 0) is 18.2 Å². The van der Waals surface area contributed by atoms with Crippen LogP contribution in [-0.4, -0.2) is 12.4 Å². The Balaban J connectivity index is 2.85. The summed E-state index contributed by atoms with van der Waals surface area (Å²) in [5.74, 6) is 5.29. The molecule has 0 aromatic heterocycles. The van der Waals surface area contributed by atoms with E-state index in [1.165, 1.54) is 36.3 Å². The lowest BCUT2D eigenvalue weighted by Gasteiger charge is -2.34. The smallest absolute Gasteiger partial charge is 0.168 e. The molecule has 0 atom stereocenters. The number of rotatable bonds is 1. The van der Waals surface area contributed by atoms with Crippen molar-refractivity contribution in [2.45, 2.75) is 17.8 Å². The molecule has 0 unspecified atom stereocenters. The summed E-state index contributed by atoms with van der Waals surface area (Å²) < 4.78 is 82.1. The molecule has 0 aliphatic carbocycles. The highest BCUT2D eigenvalue weighted by molar-refractivity contribution is 5.52. The van der Waals surface area contributed by atoms with Crippen molar-refractivity contribution in [3.63, 3.8) is 0 Å². The minimum absolute atomic E-state index is 0.0264. The summed E-state index contributed by atoms with van der Waals surface area (Å²) in [6.07, 6.45) is -6.34. The number of benzene rings is 2. The van der Waals surface area contributed by atoms with E-state index in [2.05, 4.69) is 0 Å². The van der Waals surface area contributed by atoms with Gasteiger partial charge in [-0.1, -0.05) is 54.2 Å². The monoisotopic (exact) mass is 352 g/mol. The van der Waals surface area contributed by atoms with Gasteiger partial charge in [-0.3, -0.25) is 0 Å². The van der Waals surface area contributed by atoms with Gasteiger partial charge in [0.25, 0.3) is 0 Å². The number of hydrogen-bond acceptors (Lipinski definition) is 0. The fourth-order valence-corrected chi connectivity index (χ4v) is 2.30. The lowest BCUT2D eigenvalue weighted by molar-refractivity contribution is -0.282. The van der Waals surface area contributed by atoms with Gasteiger partial charge in [0, 0.05) is 16.7 Å². The summed E-state index contributed by atoms with van der Waals surface area (Å²) in [7, 11) is 0. The van der Waals surface area contributed by atoms with Crippen molar-refractivity contribution in [1.29, 1.82) is 0 Å². The average Bonchev–Trinajstić information content (AvgIpc) is 2.54. The predicted octanol–water partition coefficient (Wildman–Crippen LogP) is 5.08. The van der Waals surface area contributed by atoms with E-state index in [-0.39, 0.29) is 5.56 Å². The first kappa shape index (κ1) is 18.5. The molecule has 2 aromatic rings. The quantitative estimate of drug-likeness (QED) is 0.496. The van der Waals surface area contributed by atoms with Crippen LogP contribution in [0.4, 0.5) is 26.3 Å². The van der Waals surface area contributed by atoms with Crippen LogP contribution in [0.2, 0.25) is 0 Å². The van der Waals surface area contributed by atoms with Gasteiger partial charge in [-0.15, -0.1) is 6.42 Å². The van der Waals surface area contributed by atoms with Gasteiger partial charge in [0.2, 0.25) is 5.41 Å². The van der Waals surface area contributed by atoms with Crippen LogP contribution >= 0.6 is 0 Å². The fraction of sp³-hybridized carbons (Fsp3) is 0.158. The number of terminal acetylenes is 1. The molecule has 0 bridgehead atoms. The van der Waals surface area contributed by atoms with Gasteiger partial charge in [0.05, 0.1) is 0 Å². The summed E-state index contributed by atoms with van der Waals surface area (Å²) in [5.41, 5.74) is -5.99. The Kier molecular flexibility index (Phi) is 4.85. The lowest BCUT2D eigenvalue weighted by Crippen LogP contribution is -2.53. The van der Waals surface area contributed by atoms with Crippen LogP contribution in [0.5, 0.6) is 0 Å². The second-order valence-electron chi connectivity index (χ2n) is 5.05. The molecule has 0 nitrogen and oxygen atoms in total. The van der Waals surface area contributed by atoms with Gasteiger partial charge in [-0.25, -0.2) is 0 Å². The Hall–Kier alpha value is -2.86. The second-order valence-corrected chi connectivity index (χ2v) is 5.05. The van der Waals surface area contributed by atoms with Crippen LogP contribution in [0.1, 0.15) is 16.7 Å². The normalized spacial score (nSPS) is 12.0. The Morgan fingerprint density at radius 2 is 1.24 bits per heavy atom. The van der Waals surface area contributed by atoms with Crippen LogP contribution in [0, 0.1) is 24.2 Å². The summed E-state index contributed by atoms with van der Waals surface area (Å²) in [6, 6.07) is 11.2. The van der Waals surface area contributed by atoms with E-state index in [0.29, 0.717) is 6.07 Å².